The number of carboxylic acid groups (broad SMARTS) is 1. The molecule has 0 aromatic rings. The van der Waals surface area contributed by atoms with Crippen LogP contribution in [0.1, 0.15) is 32.1 Å². The highest BCUT2D eigenvalue weighted by Crippen LogP contribution is 2.56. The zero-order valence-corrected chi connectivity index (χ0v) is 10.6. The van der Waals surface area contributed by atoms with Gasteiger partial charge in [-0.05, 0) is 67.4 Å². The van der Waals surface area contributed by atoms with Crippen LogP contribution in [0, 0.1) is 23.7 Å². The van der Waals surface area contributed by atoms with E-state index in [1.54, 1.807) is 6.42 Å². The van der Waals surface area contributed by atoms with Crippen molar-refractivity contribution in [2.75, 3.05) is 6.26 Å². The minimum Gasteiger partial charge on any atom is -0.483 e. The third-order valence-electron chi connectivity index (χ3n) is 4.33. The predicted octanol–water partition coefficient (Wildman–Crippen LogP) is 3.39. The molecule has 0 spiro atoms. The maximum absolute atomic E-state index is 8.36. The molecule has 0 radical (unpaired) electrons. The summed E-state index contributed by atoms with van der Waals surface area (Å²) in [6.07, 6.45) is 9.88. The average Bonchev–Trinajstić information content (AvgIpc) is 2.23. The van der Waals surface area contributed by atoms with Crippen LogP contribution in [-0.2, 0) is 4.79 Å². The summed E-state index contributed by atoms with van der Waals surface area (Å²) in [5.41, 5.74) is 1.83. The topological polar surface area (TPSA) is 37.3 Å². The number of thioether (sulfide) groups is 1. The largest absolute Gasteiger partial charge is 0.483 e. The summed E-state index contributed by atoms with van der Waals surface area (Å²) >= 11 is 1.92. The van der Waals surface area contributed by atoms with Crippen LogP contribution in [0.2, 0.25) is 0 Å². The highest BCUT2D eigenvalue weighted by atomic mass is 32.2. The molecule has 1 N–H and O–H groups in total. The molecule has 4 rings (SSSR count). The van der Waals surface area contributed by atoms with E-state index < -0.39 is 0 Å². The van der Waals surface area contributed by atoms with Crippen molar-refractivity contribution in [3.63, 3.8) is 0 Å². The quantitative estimate of drug-likeness (QED) is 0.714. The molecule has 4 aliphatic rings. The van der Waals surface area contributed by atoms with Crippen molar-refractivity contribution in [3.8, 4) is 0 Å². The molecule has 16 heavy (non-hydrogen) atoms. The van der Waals surface area contributed by atoms with Gasteiger partial charge in [0.15, 0.2) is 0 Å². The molecule has 0 aliphatic heterocycles. The summed E-state index contributed by atoms with van der Waals surface area (Å²) in [4.78, 5) is 8.36. The van der Waals surface area contributed by atoms with E-state index >= 15 is 0 Å². The van der Waals surface area contributed by atoms with Gasteiger partial charge in [0.1, 0.15) is 0 Å². The number of carbonyl (C=O) groups is 1. The summed E-state index contributed by atoms with van der Waals surface area (Å²) < 4.78 is 0. The van der Waals surface area contributed by atoms with E-state index in [0.29, 0.717) is 0 Å². The normalized spacial score (nSPS) is 38.9. The first kappa shape index (κ1) is 12.0. The van der Waals surface area contributed by atoms with Crippen LogP contribution >= 0.6 is 11.8 Å². The second-order valence-electron chi connectivity index (χ2n) is 5.26. The van der Waals surface area contributed by atoms with Crippen LogP contribution in [0.15, 0.2) is 11.0 Å². The molecule has 0 amide bonds. The fraction of sp³-hybridized carbons (Fsp3) is 0.769. The minimum absolute atomic E-state index is 0.250. The first-order chi connectivity index (χ1) is 7.78. The second kappa shape index (κ2) is 5.26. The Hall–Kier alpha value is -0.440. The highest BCUT2D eigenvalue weighted by molar-refractivity contribution is 8.01. The molecule has 90 valence electrons. The van der Waals surface area contributed by atoms with Gasteiger partial charge in [0.25, 0.3) is 6.47 Å². The van der Waals surface area contributed by atoms with Crippen molar-refractivity contribution < 1.29 is 9.90 Å². The van der Waals surface area contributed by atoms with Crippen LogP contribution in [0.25, 0.3) is 0 Å². The third kappa shape index (κ3) is 2.29. The van der Waals surface area contributed by atoms with Crippen molar-refractivity contribution in [2.45, 2.75) is 32.1 Å². The molecular weight excluding hydrogens is 220 g/mol. The molecule has 0 atom stereocenters. The Bertz CT molecular complexity index is 256. The molecule has 3 heteroatoms. The standard InChI is InChI=1S/C12H18S.CH2O2/c1-13-7-12-10-3-8-2-9(5-10)6-11(12)4-8;2-1-3/h7-11H,2-6H2,1H3;1H,(H,2,3). The lowest BCUT2D eigenvalue weighted by Gasteiger charge is -2.51. The maximum atomic E-state index is 8.36. The first-order valence-electron chi connectivity index (χ1n) is 6.09. The van der Waals surface area contributed by atoms with Crippen LogP contribution in [-0.4, -0.2) is 17.8 Å². The van der Waals surface area contributed by atoms with Crippen molar-refractivity contribution >= 4 is 18.2 Å². The molecule has 0 aromatic heterocycles. The Morgan fingerprint density at radius 2 is 1.56 bits per heavy atom. The molecule has 4 bridgehead atoms. The van der Waals surface area contributed by atoms with Crippen molar-refractivity contribution in [2.24, 2.45) is 23.7 Å². The summed E-state index contributed by atoms with van der Waals surface area (Å²) in [6.45, 7) is -0.250. The lowest BCUT2D eigenvalue weighted by Crippen LogP contribution is -2.40. The molecule has 2 nitrogen and oxygen atoms in total. The number of hydrogen-bond acceptors (Lipinski definition) is 2. The van der Waals surface area contributed by atoms with Gasteiger partial charge in [0.05, 0.1) is 0 Å². The maximum Gasteiger partial charge on any atom is 0.290 e. The fourth-order valence-corrected chi connectivity index (χ4v) is 4.71. The Morgan fingerprint density at radius 3 is 1.94 bits per heavy atom. The zero-order valence-electron chi connectivity index (χ0n) is 9.76. The molecule has 0 aromatic carbocycles. The Morgan fingerprint density at radius 1 is 1.12 bits per heavy atom. The smallest absolute Gasteiger partial charge is 0.290 e. The van der Waals surface area contributed by atoms with E-state index in [4.69, 9.17) is 9.90 Å². The monoisotopic (exact) mass is 240 g/mol. The van der Waals surface area contributed by atoms with Gasteiger partial charge < -0.3 is 5.11 Å². The fourth-order valence-electron chi connectivity index (χ4n) is 4.06. The van der Waals surface area contributed by atoms with E-state index in [0.717, 1.165) is 23.7 Å². The molecule has 0 saturated heterocycles. The first-order valence-corrected chi connectivity index (χ1v) is 7.37. The third-order valence-corrected chi connectivity index (χ3v) is 4.84. The van der Waals surface area contributed by atoms with E-state index in [1.807, 2.05) is 17.3 Å². The minimum atomic E-state index is -0.250. The second-order valence-corrected chi connectivity index (χ2v) is 5.97. The van der Waals surface area contributed by atoms with Crippen LogP contribution in [0.5, 0.6) is 0 Å². The van der Waals surface area contributed by atoms with Gasteiger partial charge in [-0.3, -0.25) is 4.79 Å². The molecule has 4 fully saturated rings. The van der Waals surface area contributed by atoms with Gasteiger partial charge in [-0.1, -0.05) is 5.57 Å². The summed E-state index contributed by atoms with van der Waals surface area (Å²) in [6, 6.07) is 0. The van der Waals surface area contributed by atoms with E-state index in [9.17, 15) is 0 Å². The molecule has 4 aliphatic carbocycles. The summed E-state index contributed by atoms with van der Waals surface area (Å²) in [7, 11) is 0. The Balaban J connectivity index is 0.000000292. The van der Waals surface area contributed by atoms with Gasteiger partial charge in [-0.25, -0.2) is 0 Å². The van der Waals surface area contributed by atoms with Crippen LogP contribution in [0.4, 0.5) is 0 Å². The summed E-state index contributed by atoms with van der Waals surface area (Å²) in [5, 5.41) is 9.35. The Labute approximate surface area is 101 Å². The average molecular weight is 240 g/mol. The molecule has 0 unspecified atom stereocenters. The van der Waals surface area contributed by atoms with Gasteiger partial charge in [-0.2, -0.15) is 0 Å². The lowest BCUT2D eigenvalue weighted by atomic mass is 9.54. The van der Waals surface area contributed by atoms with Gasteiger partial charge in [0, 0.05) is 0 Å². The number of rotatable bonds is 1. The SMILES string of the molecule is CSC=C1C2CC3CC(C2)CC1C3.O=CO. The molecule has 4 saturated carbocycles. The van der Waals surface area contributed by atoms with Crippen molar-refractivity contribution in [1.29, 1.82) is 0 Å². The molecular formula is C13H20O2S. The van der Waals surface area contributed by atoms with E-state index in [2.05, 4.69) is 11.7 Å². The van der Waals surface area contributed by atoms with Crippen molar-refractivity contribution in [3.05, 3.63) is 11.0 Å². The zero-order chi connectivity index (χ0) is 11.5. The van der Waals surface area contributed by atoms with E-state index in [-0.39, 0.29) is 6.47 Å². The predicted molar refractivity (Wildman–Crippen MR) is 67.3 cm³/mol. The highest BCUT2D eigenvalue weighted by Gasteiger charge is 2.44. The lowest BCUT2D eigenvalue weighted by molar-refractivity contribution is -0.122. The summed E-state index contributed by atoms with van der Waals surface area (Å²) in [5.74, 6) is 4.23. The van der Waals surface area contributed by atoms with Crippen LogP contribution in [0.3, 0.4) is 0 Å². The van der Waals surface area contributed by atoms with Gasteiger partial charge in [0.2, 0.25) is 0 Å². The van der Waals surface area contributed by atoms with Gasteiger partial charge >= 0.3 is 0 Å². The number of allylic oxidation sites excluding steroid dienone is 1. The Kier molecular flexibility index (Phi) is 3.95. The van der Waals surface area contributed by atoms with Gasteiger partial charge in [-0.15, -0.1) is 11.8 Å². The van der Waals surface area contributed by atoms with Crippen molar-refractivity contribution in [1.82, 2.24) is 0 Å². The molecule has 0 heterocycles. The number of hydrogen-bond donors (Lipinski definition) is 1. The van der Waals surface area contributed by atoms with E-state index in [1.165, 1.54) is 25.7 Å². The van der Waals surface area contributed by atoms with Crippen LogP contribution < -0.4 is 0 Å².